The number of nitrogens with one attached hydrogen (secondary N) is 1. The molecular weight excluding hydrogens is 372 g/mol. The van der Waals surface area contributed by atoms with Crippen LogP contribution < -0.4 is 10.1 Å². The van der Waals surface area contributed by atoms with Gasteiger partial charge in [-0.25, -0.2) is 9.97 Å². The van der Waals surface area contributed by atoms with Crippen LogP contribution in [0.25, 0.3) is 11.5 Å². The molecule has 3 aromatic rings. The summed E-state index contributed by atoms with van der Waals surface area (Å²) < 4.78 is 16.2. The third-order valence-electron chi connectivity index (χ3n) is 4.38. The lowest BCUT2D eigenvalue weighted by Gasteiger charge is -2.28. The number of carbonyl (C=O) groups is 1. The summed E-state index contributed by atoms with van der Waals surface area (Å²) >= 11 is 5.77. The molecule has 0 unspecified atom stereocenters. The number of hydrogen-bond acceptors (Lipinski definition) is 7. The quantitative estimate of drug-likeness (QED) is 0.713. The number of halogens is 1. The lowest BCUT2D eigenvalue weighted by Crippen LogP contribution is -2.39. The predicted molar refractivity (Wildman–Crippen MR) is 95.4 cm³/mol. The van der Waals surface area contributed by atoms with Gasteiger partial charge in [0, 0.05) is 12.1 Å². The van der Waals surface area contributed by atoms with Crippen molar-refractivity contribution < 1.29 is 18.5 Å². The maximum Gasteiger partial charge on any atom is 0.316 e. The Morgan fingerprint density at radius 1 is 1.19 bits per heavy atom. The molecule has 3 heterocycles. The zero-order chi connectivity index (χ0) is 18.6. The molecule has 1 aliphatic carbocycles. The van der Waals surface area contributed by atoms with Gasteiger partial charge < -0.3 is 19.0 Å². The van der Waals surface area contributed by atoms with E-state index in [2.05, 4.69) is 20.4 Å². The molecule has 9 heteroatoms. The fourth-order valence-corrected chi connectivity index (χ4v) is 3.11. The van der Waals surface area contributed by atoms with Crippen LogP contribution in [0.5, 0.6) is 6.01 Å². The van der Waals surface area contributed by atoms with Gasteiger partial charge in [-0.05, 0) is 37.8 Å². The van der Waals surface area contributed by atoms with E-state index in [1.807, 2.05) is 0 Å². The van der Waals surface area contributed by atoms with Gasteiger partial charge >= 0.3 is 6.01 Å². The maximum absolute atomic E-state index is 12.4. The Balaban J connectivity index is 1.27. The SMILES string of the molecule is O=C(NC1CCC(Oc2ncc(Cl)cn2)CC1)c1cc(-c2ccco2)on1. The van der Waals surface area contributed by atoms with E-state index < -0.39 is 0 Å². The molecule has 0 radical (unpaired) electrons. The number of furan rings is 1. The van der Waals surface area contributed by atoms with Crippen molar-refractivity contribution in [2.75, 3.05) is 0 Å². The van der Waals surface area contributed by atoms with Gasteiger partial charge in [0.1, 0.15) is 6.10 Å². The van der Waals surface area contributed by atoms with E-state index in [1.54, 1.807) is 18.2 Å². The molecule has 1 amide bonds. The Morgan fingerprint density at radius 2 is 1.96 bits per heavy atom. The zero-order valence-electron chi connectivity index (χ0n) is 14.3. The molecule has 0 saturated heterocycles. The number of amides is 1. The molecule has 1 aliphatic rings. The smallest absolute Gasteiger partial charge is 0.316 e. The summed E-state index contributed by atoms with van der Waals surface area (Å²) in [6.45, 7) is 0. The summed E-state index contributed by atoms with van der Waals surface area (Å²) in [5.74, 6) is 0.691. The summed E-state index contributed by atoms with van der Waals surface area (Å²) in [5.41, 5.74) is 0.231. The summed E-state index contributed by atoms with van der Waals surface area (Å²) in [6, 6.07) is 5.44. The van der Waals surface area contributed by atoms with Crippen LogP contribution in [0.4, 0.5) is 0 Å². The van der Waals surface area contributed by atoms with Gasteiger partial charge in [0.25, 0.3) is 5.91 Å². The summed E-state index contributed by atoms with van der Waals surface area (Å²) in [5, 5.41) is 7.28. The van der Waals surface area contributed by atoms with E-state index >= 15 is 0 Å². The highest BCUT2D eigenvalue weighted by Gasteiger charge is 2.25. The van der Waals surface area contributed by atoms with Crippen molar-refractivity contribution in [3.05, 3.63) is 47.6 Å². The normalized spacial score (nSPS) is 19.6. The highest BCUT2D eigenvalue weighted by Crippen LogP contribution is 2.24. The Hall–Kier alpha value is -2.87. The monoisotopic (exact) mass is 388 g/mol. The summed E-state index contributed by atoms with van der Waals surface area (Å²) in [4.78, 5) is 20.5. The van der Waals surface area contributed by atoms with Crippen LogP contribution in [0.3, 0.4) is 0 Å². The summed E-state index contributed by atoms with van der Waals surface area (Å²) in [6.07, 6.45) is 7.76. The van der Waals surface area contributed by atoms with Crippen LogP contribution in [-0.4, -0.2) is 33.2 Å². The van der Waals surface area contributed by atoms with Gasteiger partial charge in [0.05, 0.1) is 23.7 Å². The van der Waals surface area contributed by atoms with Gasteiger partial charge in [0.15, 0.2) is 11.5 Å². The second-order valence-corrected chi connectivity index (χ2v) is 6.74. The van der Waals surface area contributed by atoms with Crippen molar-refractivity contribution in [1.82, 2.24) is 20.4 Å². The van der Waals surface area contributed by atoms with Crippen molar-refractivity contribution in [3.8, 4) is 17.5 Å². The molecule has 1 N–H and O–H groups in total. The predicted octanol–water partition coefficient (Wildman–Crippen LogP) is 3.50. The Bertz CT molecular complexity index is 886. The fourth-order valence-electron chi connectivity index (χ4n) is 3.01. The molecule has 0 aliphatic heterocycles. The molecule has 0 spiro atoms. The number of aromatic nitrogens is 3. The molecule has 140 valence electrons. The summed E-state index contributed by atoms with van der Waals surface area (Å²) in [7, 11) is 0. The lowest BCUT2D eigenvalue weighted by atomic mass is 9.93. The fraction of sp³-hybridized carbons (Fsp3) is 0.333. The zero-order valence-corrected chi connectivity index (χ0v) is 15.1. The van der Waals surface area contributed by atoms with Crippen LogP contribution in [0.15, 0.2) is 45.8 Å². The van der Waals surface area contributed by atoms with E-state index in [9.17, 15) is 4.79 Å². The van der Waals surface area contributed by atoms with E-state index in [0.717, 1.165) is 25.7 Å². The molecule has 1 fully saturated rings. The minimum Gasteiger partial charge on any atom is -0.461 e. The van der Waals surface area contributed by atoms with Crippen LogP contribution in [0.1, 0.15) is 36.2 Å². The van der Waals surface area contributed by atoms with E-state index in [-0.39, 0.29) is 23.7 Å². The molecular formula is C18H17ClN4O4. The molecule has 0 atom stereocenters. The van der Waals surface area contributed by atoms with Gasteiger partial charge in [-0.1, -0.05) is 16.8 Å². The standard InChI is InChI=1S/C18H17ClN4O4/c19-11-9-20-18(21-10-11)26-13-5-3-12(4-6-13)22-17(24)14-8-16(27-23-14)15-2-1-7-25-15/h1-2,7-10,12-13H,3-6H2,(H,22,24). The van der Waals surface area contributed by atoms with Crippen LogP contribution in [-0.2, 0) is 0 Å². The first-order chi connectivity index (χ1) is 13.2. The number of nitrogens with zero attached hydrogens (tertiary/aromatic N) is 3. The molecule has 0 bridgehead atoms. The third kappa shape index (κ3) is 4.28. The van der Waals surface area contributed by atoms with E-state index in [0.29, 0.717) is 22.6 Å². The average molecular weight is 389 g/mol. The largest absolute Gasteiger partial charge is 0.461 e. The van der Waals surface area contributed by atoms with Crippen LogP contribution in [0.2, 0.25) is 5.02 Å². The van der Waals surface area contributed by atoms with E-state index in [1.165, 1.54) is 18.7 Å². The number of rotatable bonds is 5. The minimum atomic E-state index is -0.262. The first kappa shape index (κ1) is 17.5. The van der Waals surface area contributed by atoms with Gasteiger partial charge in [0.2, 0.25) is 5.76 Å². The highest BCUT2D eigenvalue weighted by molar-refractivity contribution is 6.30. The van der Waals surface area contributed by atoms with Crippen LogP contribution in [0, 0.1) is 0 Å². The topological polar surface area (TPSA) is 103 Å². The van der Waals surface area contributed by atoms with Crippen molar-refractivity contribution >= 4 is 17.5 Å². The first-order valence-corrected chi connectivity index (χ1v) is 9.01. The second kappa shape index (κ2) is 7.79. The Morgan fingerprint density at radius 3 is 2.67 bits per heavy atom. The molecule has 3 aromatic heterocycles. The maximum atomic E-state index is 12.4. The van der Waals surface area contributed by atoms with Crippen molar-refractivity contribution in [3.63, 3.8) is 0 Å². The number of ether oxygens (including phenoxy) is 1. The van der Waals surface area contributed by atoms with E-state index in [4.69, 9.17) is 25.3 Å². The van der Waals surface area contributed by atoms with Crippen molar-refractivity contribution in [1.29, 1.82) is 0 Å². The minimum absolute atomic E-state index is 0.0249. The molecule has 8 nitrogen and oxygen atoms in total. The van der Waals surface area contributed by atoms with Gasteiger partial charge in [-0.2, -0.15) is 0 Å². The Kier molecular flexibility index (Phi) is 5.06. The van der Waals surface area contributed by atoms with Crippen LogP contribution >= 0.6 is 11.6 Å². The van der Waals surface area contributed by atoms with Gasteiger partial charge in [-0.15, -0.1) is 0 Å². The molecule has 1 saturated carbocycles. The number of carbonyl (C=O) groups excluding carboxylic acids is 1. The molecule has 27 heavy (non-hydrogen) atoms. The lowest BCUT2D eigenvalue weighted by molar-refractivity contribution is 0.0876. The number of hydrogen-bond donors (Lipinski definition) is 1. The molecule has 4 rings (SSSR count). The third-order valence-corrected chi connectivity index (χ3v) is 4.58. The van der Waals surface area contributed by atoms with Gasteiger partial charge in [-0.3, -0.25) is 4.79 Å². The van der Waals surface area contributed by atoms with Crippen molar-refractivity contribution in [2.45, 2.75) is 37.8 Å². The Labute approximate surface area is 159 Å². The second-order valence-electron chi connectivity index (χ2n) is 6.30. The van der Waals surface area contributed by atoms with Crippen molar-refractivity contribution in [2.24, 2.45) is 0 Å². The molecule has 0 aromatic carbocycles. The highest BCUT2D eigenvalue weighted by atomic mass is 35.5. The first-order valence-electron chi connectivity index (χ1n) is 8.63. The average Bonchev–Trinajstić information content (AvgIpc) is 3.36.